The number of fused-ring (bicyclic) bond motifs is 1. The number of benzene rings is 1. The molecule has 0 amide bonds. The highest BCUT2D eigenvalue weighted by Gasteiger charge is 2.09. The molecule has 4 nitrogen and oxygen atoms in total. The fraction of sp³-hybridized carbons (Fsp3) is 0.389. The second-order valence-corrected chi connectivity index (χ2v) is 5.69. The van der Waals surface area contributed by atoms with Gasteiger partial charge in [0, 0.05) is 17.5 Å². The van der Waals surface area contributed by atoms with E-state index in [2.05, 4.69) is 43.3 Å². The normalized spacial score (nSPS) is 12.0. The van der Waals surface area contributed by atoms with Gasteiger partial charge in [0.2, 0.25) is 5.56 Å². The maximum atomic E-state index is 11.6. The molecule has 0 aliphatic rings. The number of rotatable bonds is 6. The third-order valence-electron chi connectivity index (χ3n) is 3.66. The molecule has 0 aliphatic heterocycles. The minimum atomic E-state index is -0.115. The molecule has 0 fully saturated rings. The summed E-state index contributed by atoms with van der Waals surface area (Å²) in [6.07, 6.45) is 3.94. The van der Waals surface area contributed by atoms with Crippen LogP contribution in [-0.2, 0) is 6.42 Å². The van der Waals surface area contributed by atoms with E-state index in [0.29, 0.717) is 11.8 Å². The molecule has 2 aromatic rings. The van der Waals surface area contributed by atoms with Crippen LogP contribution in [0.4, 0.5) is 0 Å². The first-order chi connectivity index (χ1) is 10.5. The van der Waals surface area contributed by atoms with E-state index in [1.54, 1.807) is 13.2 Å². The third-order valence-corrected chi connectivity index (χ3v) is 3.66. The predicted octanol–water partition coefficient (Wildman–Crippen LogP) is 3.37. The van der Waals surface area contributed by atoms with Crippen molar-refractivity contribution in [1.29, 1.82) is 0 Å². The van der Waals surface area contributed by atoms with Gasteiger partial charge in [-0.25, -0.2) is 0 Å². The predicted molar refractivity (Wildman–Crippen MR) is 91.5 cm³/mol. The summed E-state index contributed by atoms with van der Waals surface area (Å²) < 4.78 is 5.35. The van der Waals surface area contributed by atoms with Gasteiger partial charge in [0.15, 0.2) is 0 Å². The second-order valence-electron chi connectivity index (χ2n) is 5.69. The fourth-order valence-corrected chi connectivity index (χ4v) is 2.42. The number of methoxy groups -OCH3 is 1. The smallest absolute Gasteiger partial charge is 0.248 e. The molecule has 0 spiro atoms. The molecular weight excluding hydrogens is 276 g/mol. The van der Waals surface area contributed by atoms with Gasteiger partial charge in [-0.05, 0) is 50.6 Å². The third kappa shape index (κ3) is 3.70. The Morgan fingerprint density at radius 1 is 1.32 bits per heavy atom. The molecule has 4 heteroatoms. The number of allylic oxidation sites excluding steroid dienone is 1. The Labute approximate surface area is 131 Å². The average molecular weight is 300 g/mol. The van der Waals surface area contributed by atoms with Crippen LogP contribution in [0.2, 0.25) is 0 Å². The number of H-pyrrole nitrogens is 1. The van der Waals surface area contributed by atoms with Crippen molar-refractivity contribution < 1.29 is 4.74 Å². The molecule has 2 N–H and O–H groups in total. The van der Waals surface area contributed by atoms with Crippen LogP contribution in [0.5, 0.6) is 5.75 Å². The lowest BCUT2D eigenvalue weighted by molar-refractivity contribution is 0.418. The van der Waals surface area contributed by atoms with Crippen LogP contribution >= 0.6 is 0 Å². The zero-order chi connectivity index (χ0) is 16.1. The van der Waals surface area contributed by atoms with Gasteiger partial charge in [-0.3, -0.25) is 4.79 Å². The number of ether oxygens (including phenoxy) is 1. The average Bonchev–Trinajstić information content (AvgIpc) is 2.50. The van der Waals surface area contributed by atoms with Gasteiger partial charge in [0.1, 0.15) is 5.75 Å². The molecular formula is C18H24N2O2. The number of hydrogen-bond donors (Lipinski definition) is 2. The van der Waals surface area contributed by atoms with E-state index >= 15 is 0 Å². The minimum absolute atomic E-state index is 0.115. The van der Waals surface area contributed by atoms with Crippen molar-refractivity contribution in [2.45, 2.75) is 39.7 Å². The van der Waals surface area contributed by atoms with Crippen molar-refractivity contribution in [1.82, 2.24) is 10.3 Å². The maximum absolute atomic E-state index is 11.6. The molecule has 0 bridgehead atoms. The van der Waals surface area contributed by atoms with E-state index in [-0.39, 0.29) is 5.56 Å². The van der Waals surface area contributed by atoms with Crippen LogP contribution in [0.3, 0.4) is 0 Å². The number of hydrogen-bond acceptors (Lipinski definition) is 3. The number of aromatic nitrogens is 1. The van der Waals surface area contributed by atoms with Crippen molar-refractivity contribution in [3.63, 3.8) is 0 Å². The topological polar surface area (TPSA) is 54.1 Å². The lowest BCUT2D eigenvalue weighted by atomic mass is 9.99. The van der Waals surface area contributed by atoms with Gasteiger partial charge in [0.05, 0.1) is 12.6 Å². The summed E-state index contributed by atoms with van der Waals surface area (Å²) in [6.45, 7) is 6.40. The first kappa shape index (κ1) is 16.1. The molecule has 0 unspecified atom stereocenters. The standard InChI is InChI=1S/C18H24N2O2/c1-5-13(11-19-12(2)3)10-14-6-8-16(22-4)18-15(14)7-9-17(21)20-18/h6-9,11-12,19H,5,10H2,1-4H3,(H,20,21). The summed E-state index contributed by atoms with van der Waals surface area (Å²) in [6, 6.07) is 7.84. The van der Waals surface area contributed by atoms with Gasteiger partial charge in [0.25, 0.3) is 0 Å². The molecule has 1 aromatic carbocycles. The lowest BCUT2D eigenvalue weighted by Crippen LogP contribution is -2.16. The van der Waals surface area contributed by atoms with Crippen molar-refractivity contribution in [3.05, 3.63) is 52.0 Å². The number of pyridine rings is 1. The lowest BCUT2D eigenvalue weighted by Gasteiger charge is -2.13. The molecule has 22 heavy (non-hydrogen) atoms. The summed E-state index contributed by atoms with van der Waals surface area (Å²) >= 11 is 0. The summed E-state index contributed by atoms with van der Waals surface area (Å²) in [5.41, 5.74) is 3.16. The molecule has 1 aromatic heterocycles. The van der Waals surface area contributed by atoms with E-state index in [1.165, 1.54) is 11.1 Å². The van der Waals surface area contributed by atoms with E-state index in [4.69, 9.17) is 4.74 Å². The Morgan fingerprint density at radius 2 is 2.09 bits per heavy atom. The SMILES string of the molecule is CCC(=CNC(C)C)Cc1ccc(OC)c2[nH]c(=O)ccc12. The molecule has 0 saturated carbocycles. The fourth-order valence-electron chi connectivity index (χ4n) is 2.42. The van der Waals surface area contributed by atoms with Gasteiger partial charge in [-0.15, -0.1) is 0 Å². The van der Waals surface area contributed by atoms with Crippen LogP contribution < -0.4 is 15.6 Å². The van der Waals surface area contributed by atoms with Crippen LogP contribution in [0, 0.1) is 0 Å². The molecule has 118 valence electrons. The summed E-state index contributed by atoms with van der Waals surface area (Å²) in [7, 11) is 1.61. The highest BCUT2D eigenvalue weighted by Crippen LogP contribution is 2.27. The Bertz CT molecular complexity index is 729. The maximum Gasteiger partial charge on any atom is 0.248 e. The summed E-state index contributed by atoms with van der Waals surface area (Å²) in [5, 5.41) is 4.38. The Morgan fingerprint density at radius 3 is 2.73 bits per heavy atom. The van der Waals surface area contributed by atoms with Crippen molar-refractivity contribution in [2.75, 3.05) is 7.11 Å². The van der Waals surface area contributed by atoms with Gasteiger partial charge in [-0.2, -0.15) is 0 Å². The summed E-state index contributed by atoms with van der Waals surface area (Å²) in [4.78, 5) is 14.5. The number of nitrogens with one attached hydrogen (secondary N) is 2. The second kappa shape index (κ2) is 7.16. The summed E-state index contributed by atoms with van der Waals surface area (Å²) in [5.74, 6) is 0.693. The molecule has 2 rings (SSSR count). The van der Waals surface area contributed by atoms with Crippen LogP contribution in [0.25, 0.3) is 10.9 Å². The minimum Gasteiger partial charge on any atom is -0.495 e. The molecule has 0 aliphatic carbocycles. The van der Waals surface area contributed by atoms with Gasteiger partial charge in [-0.1, -0.05) is 18.6 Å². The first-order valence-electron chi connectivity index (χ1n) is 7.68. The van der Waals surface area contributed by atoms with E-state index in [1.807, 2.05) is 12.1 Å². The monoisotopic (exact) mass is 300 g/mol. The van der Waals surface area contributed by atoms with Crippen LogP contribution in [-0.4, -0.2) is 18.1 Å². The van der Waals surface area contributed by atoms with Crippen molar-refractivity contribution in [3.8, 4) is 5.75 Å². The Kier molecular flexibility index (Phi) is 5.26. The highest BCUT2D eigenvalue weighted by molar-refractivity contribution is 5.87. The van der Waals surface area contributed by atoms with E-state index < -0.39 is 0 Å². The zero-order valence-electron chi connectivity index (χ0n) is 13.7. The van der Waals surface area contributed by atoms with E-state index in [9.17, 15) is 4.79 Å². The quantitative estimate of drug-likeness (QED) is 0.860. The van der Waals surface area contributed by atoms with Crippen molar-refractivity contribution >= 4 is 10.9 Å². The van der Waals surface area contributed by atoms with Gasteiger partial charge < -0.3 is 15.0 Å². The van der Waals surface area contributed by atoms with E-state index in [0.717, 1.165) is 23.7 Å². The number of aromatic amines is 1. The van der Waals surface area contributed by atoms with Crippen LogP contribution in [0.15, 0.2) is 40.8 Å². The Hall–Kier alpha value is -2.23. The largest absolute Gasteiger partial charge is 0.495 e. The van der Waals surface area contributed by atoms with Gasteiger partial charge >= 0.3 is 0 Å². The molecule has 0 saturated heterocycles. The zero-order valence-corrected chi connectivity index (χ0v) is 13.7. The van der Waals surface area contributed by atoms with Crippen LogP contribution in [0.1, 0.15) is 32.8 Å². The first-order valence-corrected chi connectivity index (χ1v) is 7.68. The Balaban J connectivity index is 2.43. The highest BCUT2D eigenvalue weighted by atomic mass is 16.5. The molecule has 0 radical (unpaired) electrons. The molecule has 0 atom stereocenters. The molecule has 1 heterocycles. The van der Waals surface area contributed by atoms with Crippen molar-refractivity contribution in [2.24, 2.45) is 0 Å².